The van der Waals surface area contributed by atoms with Gasteiger partial charge in [-0.2, -0.15) is 13.2 Å². The number of ether oxygens (including phenoxy) is 2. The molecule has 172 valence electrons. The molecule has 0 unspecified atom stereocenters. The van der Waals surface area contributed by atoms with E-state index in [1.54, 1.807) is 48.5 Å². The van der Waals surface area contributed by atoms with E-state index in [0.29, 0.717) is 11.4 Å². The minimum Gasteiger partial charge on any atom is -0.453 e. The first-order chi connectivity index (χ1) is 15.1. The van der Waals surface area contributed by atoms with Crippen LogP contribution in [-0.2, 0) is 14.3 Å². The lowest BCUT2D eigenvalue weighted by molar-refractivity contribution is -0.173. The molecule has 3 N–H and O–H groups in total. The minimum absolute atomic E-state index is 0.176. The molecule has 0 atom stereocenters. The molecule has 0 radical (unpaired) electrons. The number of alkyl halides is 3. The monoisotopic (exact) mass is 453 g/mol. The first-order valence-electron chi connectivity index (χ1n) is 9.39. The molecule has 8 nitrogen and oxygen atoms in total. The topological polar surface area (TPSA) is 106 Å². The molecular formula is C21H22F3N3O5. The van der Waals surface area contributed by atoms with Gasteiger partial charge in [-0.15, -0.1) is 0 Å². The zero-order valence-electron chi connectivity index (χ0n) is 17.3. The molecule has 0 aliphatic carbocycles. The first kappa shape index (κ1) is 24.5. The van der Waals surface area contributed by atoms with Crippen molar-refractivity contribution in [3.63, 3.8) is 0 Å². The Morgan fingerprint density at radius 3 is 1.56 bits per heavy atom. The van der Waals surface area contributed by atoms with Crippen molar-refractivity contribution in [1.29, 1.82) is 0 Å². The summed E-state index contributed by atoms with van der Waals surface area (Å²) in [5, 5.41) is 6.89. The first-order valence-corrected chi connectivity index (χ1v) is 9.39. The highest BCUT2D eigenvalue weighted by Gasteiger charge is 2.38. The molecule has 11 heteroatoms. The van der Waals surface area contributed by atoms with Crippen LogP contribution in [0.25, 0.3) is 0 Å². The van der Waals surface area contributed by atoms with E-state index in [0.717, 1.165) is 11.1 Å². The van der Waals surface area contributed by atoms with E-state index >= 15 is 0 Å². The van der Waals surface area contributed by atoms with Crippen LogP contribution in [0, 0.1) is 0 Å². The number of anilines is 2. The van der Waals surface area contributed by atoms with Gasteiger partial charge in [0, 0.05) is 23.8 Å². The third-order valence-electron chi connectivity index (χ3n) is 4.47. The molecule has 32 heavy (non-hydrogen) atoms. The highest BCUT2D eigenvalue weighted by molar-refractivity contribution is 5.85. The zero-order chi connectivity index (χ0) is 23.7. The van der Waals surface area contributed by atoms with Gasteiger partial charge in [0.05, 0.1) is 14.2 Å². The van der Waals surface area contributed by atoms with Crippen LogP contribution >= 0.6 is 0 Å². The standard InChI is InChI=1S/C21H22F3N3O5/c1-31-19(29)26-15-7-3-13(4-8-15)17(11-12-25-18(28)21(22,23)24)14-5-9-16(10-6-14)27-20(30)32-2/h3-10,17H,11-12H2,1-2H3,(H,25,28)(H,26,29)(H,27,30). The molecule has 0 aliphatic rings. The highest BCUT2D eigenvalue weighted by Crippen LogP contribution is 2.30. The summed E-state index contributed by atoms with van der Waals surface area (Å²) in [5.74, 6) is -2.38. The lowest BCUT2D eigenvalue weighted by Gasteiger charge is -2.20. The fraction of sp³-hybridized carbons (Fsp3) is 0.286. The van der Waals surface area contributed by atoms with E-state index in [1.165, 1.54) is 14.2 Å². The Balaban J connectivity index is 2.21. The van der Waals surface area contributed by atoms with Crippen LogP contribution in [0.3, 0.4) is 0 Å². The molecule has 0 fully saturated rings. The summed E-state index contributed by atoms with van der Waals surface area (Å²) in [5.41, 5.74) is 2.44. The summed E-state index contributed by atoms with van der Waals surface area (Å²) in [6.07, 6.45) is -6.07. The molecule has 0 spiro atoms. The van der Waals surface area contributed by atoms with Crippen molar-refractivity contribution in [2.24, 2.45) is 0 Å². The van der Waals surface area contributed by atoms with Crippen molar-refractivity contribution in [2.75, 3.05) is 31.4 Å². The second kappa shape index (κ2) is 11.0. The van der Waals surface area contributed by atoms with Gasteiger partial charge in [-0.3, -0.25) is 15.4 Å². The average Bonchev–Trinajstić information content (AvgIpc) is 2.77. The third-order valence-corrected chi connectivity index (χ3v) is 4.47. The van der Waals surface area contributed by atoms with Crippen molar-refractivity contribution in [1.82, 2.24) is 5.32 Å². The van der Waals surface area contributed by atoms with Crippen LogP contribution in [0.2, 0.25) is 0 Å². The number of carbonyl (C=O) groups is 3. The summed E-state index contributed by atoms with van der Waals surface area (Å²) in [6, 6.07) is 13.3. The molecule has 2 rings (SSSR count). The third kappa shape index (κ3) is 7.18. The average molecular weight is 453 g/mol. The second-order valence-corrected chi connectivity index (χ2v) is 6.57. The zero-order valence-corrected chi connectivity index (χ0v) is 17.3. The number of hydrogen-bond donors (Lipinski definition) is 3. The lowest BCUT2D eigenvalue weighted by Crippen LogP contribution is -2.37. The Morgan fingerprint density at radius 2 is 1.22 bits per heavy atom. The Morgan fingerprint density at radius 1 is 0.812 bits per heavy atom. The SMILES string of the molecule is COC(=O)Nc1ccc(C(CCNC(=O)C(F)(F)F)c2ccc(NC(=O)OC)cc2)cc1. The predicted octanol–water partition coefficient (Wildman–Crippen LogP) is 4.24. The van der Waals surface area contributed by atoms with E-state index < -0.39 is 24.3 Å². The van der Waals surface area contributed by atoms with Gasteiger partial charge in [-0.1, -0.05) is 24.3 Å². The molecule has 0 heterocycles. The fourth-order valence-corrected chi connectivity index (χ4v) is 2.89. The number of methoxy groups -OCH3 is 2. The normalized spacial score (nSPS) is 10.9. The molecular weight excluding hydrogens is 431 g/mol. The maximum absolute atomic E-state index is 12.5. The van der Waals surface area contributed by atoms with Crippen molar-refractivity contribution in [3.8, 4) is 0 Å². The number of amides is 3. The molecule has 0 aromatic heterocycles. The van der Waals surface area contributed by atoms with Crippen LogP contribution < -0.4 is 16.0 Å². The summed E-state index contributed by atoms with van der Waals surface area (Å²) in [7, 11) is 2.46. The number of rotatable bonds is 7. The highest BCUT2D eigenvalue weighted by atomic mass is 19.4. The number of benzene rings is 2. The van der Waals surface area contributed by atoms with E-state index in [2.05, 4.69) is 20.1 Å². The predicted molar refractivity (Wildman–Crippen MR) is 110 cm³/mol. The van der Waals surface area contributed by atoms with Crippen LogP contribution in [-0.4, -0.2) is 45.0 Å². The van der Waals surface area contributed by atoms with Crippen molar-refractivity contribution in [3.05, 3.63) is 59.7 Å². The van der Waals surface area contributed by atoms with Crippen LogP contribution in [0.15, 0.2) is 48.5 Å². The number of nitrogens with one attached hydrogen (secondary N) is 3. The van der Waals surface area contributed by atoms with Gasteiger partial charge < -0.3 is 14.8 Å². The smallest absolute Gasteiger partial charge is 0.453 e. The van der Waals surface area contributed by atoms with Gasteiger partial charge in [0.15, 0.2) is 0 Å². The van der Waals surface area contributed by atoms with E-state index in [1.807, 2.05) is 5.32 Å². The number of carbonyl (C=O) groups excluding carboxylic acids is 3. The maximum Gasteiger partial charge on any atom is 0.471 e. The quantitative estimate of drug-likeness (QED) is 0.582. The Hall–Kier alpha value is -3.76. The summed E-state index contributed by atoms with van der Waals surface area (Å²) >= 11 is 0. The van der Waals surface area contributed by atoms with E-state index in [-0.39, 0.29) is 18.9 Å². The van der Waals surface area contributed by atoms with Gasteiger partial charge in [0.2, 0.25) is 0 Å². The second-order valence-electron chi connectivity index (χ2n) is 6.57. The van der Waals surface area contributed by atoms with Gasteiger partial charge in [-0.25, -0.2) is 9.59 Å². The minimum atomic E-state index is -4.96. The maximum atomic E-state index is 12.5. The number of halogens is 3. The molecule has 2 aromatic rings. The molecule has 3 amide bonds. The summed E-state index contributed by atoms with van der Waals surface area (Å²) in [6.45, 7) is -0.215. The fourth-order valence-electron chi connectivity index (χ4n) is 2.89. The van der Waals surface area contributed by atoms with Crippen molar-refractivity contribution in [2.45, 2.75) is 18.5 Å². The molecule has 0 bridgehead atoms. The van der Waals surface area contributed by atoms with Crippen LogP contribution in [0.5, 0.6) is 0 Å². The van der Waals surface area contributed by atoms with Gasteiger partial charge in [0.25, 0.3) is 0 Å². The van der Waals surface area contributed by atoms with Gasteiger partial charge in [0.1, 0.15) is 0 Å². The van der Waals surface area contributed by atoms with E-state index in [9.17, 15) is 27.6 Å². The Bertz CT molecular complexity index is 870. The van der Waals surface area contributed by atoms with Crippen LogP contribution in [0.1, 0.15) is 23.5 Å². The van der Waals surface area contributed by atoms with Crippen molar-refractivity contribution < 1.29 is 37.0 Å². The molecule has 0 saturated heterocycles. The van der Waals surface area contributed by atoms with Gasteiger partial charge >= 0.3 is 24.3 Å². The largest absolute Gasteiger partial charge is 0.471 e. The summed E-state index contributed by atoms with van der Waals surface area (Å²) < 4.78 is 46.5. The van der Waals surface area contributed by atoms with Gasteiger partial charge in [-0.05, 0) is 41.8 Å². The molecule has 0 saturated carbocycles. The summed E-state index contributed by atoms with van der Waals surface area (Å²) in [4.78, 5) is 33.8. The Kier molecular flexibility index (Phi) is 8.45. The van der Waals surface area contributed by atoms with Crippen LogP contribution in [0.4, 0.5) is 34.1 Å². The number of hydrogen-bond acceptors (Lipinski definition) is 5. The van der Waals surface area contributed by atoms with E-state index in [4.69, 9.17) is 0 Å². The van der Waals surface area contributed by atoms with Crippen molar-refractivity contribution >= 4 is 29.5 Å². The molecule has 0 aliphatic heterocycles. The molecule has 2 aromatic carbocycles. The Labute approximate surface area is 182 Å². The lowest BCUT2D eigenvalue weighted by atomic mass is 9.88.